The zero-order valence-electron chi connectivity index (χ0n) is 10.3. The van der Waals surface area contributed by atoms with Crippen LogP contribution in [0, 0.1) is 0 Å². The largest absolute Gasteiger partial charge is 0.469 e. The number of ether oxygens (including phenoxy) is 1. The van der Waals surface area contributed by atoms with Crippen LogP contribution in [0.5, 0.6) is 5.88 Å². The molecule has 1 heterocycles. The van der Waals surface area contributed by atoms with Gasteiger partial charge < -0.3 is 4.74 Å². The highest BCUT2D eigenvalue weighted by Crippen LogP contribution is 2.35. The van der Waals surface area contributed by atoms with Crippen LogP contribution in [-0.4, -0.2) is 4.98 Å². The first-order valence-corrected chi connectivity index (χ1v) is 7.46. The number of aromatic nitrogens is 1. The Morgan fingerprint density at radius 1 is 1.32 bits per heavy atom. The lowest BCUT2D eigenvalue weighted by molar-refractivity contribution is 0.174. The van der Waals surface area contributed by atoms with E-state index in [1.54, 1.807) is 12.3 Å². The minimum Gasteiger partial charge on any atom is -0.469 e. The molecule has 1 aliphatic carbocycles. The van der Waals surface area contributed by atoms with E-state index >= 15 is 0 Å². The highest BCUT2D eigenvalue weighted by molar-refractivity contribution is 9.10. The Morgan fingerprint density at radius 3 is 3.00 bits per heavy atom. The molecule has 0 saturated heterocycles. The first-order valence-electron chi connectivity index (χ1n) is 6.29. The van der Waals surface area contributed by atoms with Crippen LogP contribution < -0.4 is 4.74 Å². The highest BCUT2D eigenvalue weighted by atomic mass is 79.9. The number of nitrogens with zero attached hydrogens (tertiary/aromatic N) is 1. The fourth-order valence-electron chi connectivity index (χ4n) is 2.46. The molecule has 0 spiro atoms. The molecular formula is C15H13BrClNO. The Labute approximate surface area is 125 Å². The predicted molar refractivity (Wildman–Crippen MR) is 79.7 cm³/mol. The lowest BCUT2D eigenvalue weighted by Gasteiger charge is -2.26. The van der Waals surface area contributed by atoms with Gasteiger partial charge in [0.15, 0.2) is 0 Å². The van der Waals surface area contributed by atoms with Gasteiger partial charge in [-0.3, -0.25) is 0 Å². The summed E-state index contributed by atoms with van der Waals surface area (Å²) in [4.78, 5) is 4.24. The zero-order valence-corrected chi connectivity index (χ0v) is 12.6. The molecule has 19 heavy (non-hydrogen) atoms. The molecule has 0 N–H and O–H groups in total. The van der Waals surface area contributed by atoms with E-state index in [1.807, 2.05) is 0 Å². The summed E-state index contributed by atoms with van der Waals surface area (Å²) in [5.74, 6) is 0.603. The quantitative estimate of drug-likeness (QED) is 0.772. The summed E-state index contributed by atoms with van der Waals surface area (Å²) in [7, 11) is 0. The second-order valence-corrected chi connectivity index (χ2v) is 5.93. The topological polar surface area (TPSA) is 22.1 Å². The molecule has 1 atom stereocenters. The van der Waals surface area contributed by atoms with Gasteiger partial charge in [-0.15, -0.1) is 0 Å². The molecule has 0 bridgehead atoms. The number of benzene rings is 1. The van der Waals surface area contributed by atoms with Crippen molar-refractivity contribution in [2.45, 2.75) is 25.4 Å². The molecule has 1 aromatic carbocycles. The smallest absolute Gasteiger partial charge is 0.228 e. The Morgan fingerprint density at radius 2 is 2.16 bits per heavy atom. The van der Waals surface area contributed by atoms with E-state index < -0.39 is 0 Å². The van der Waals surface area contributed by atoms with Crippen molar-refractivity contribution in [1.29, 1.82) is 0 Å². The fraction of sp³-hybridized carbons (Fsp3) is 0.267. The highest BCUT2D eigenvalue weighted by Gasteiger charge is 2.22. The number of aryl methyl sites for hydroxylation is 1. The lowest BCUT2D eigenvalue weighted by Crippen LogP contribution is -2.15. The van der Waals surface area contributed by atoms with Crippen molar-refractivity contribution in [3.8, 4) is 5.88 Å². The summed E-state index contributed by atoms with van der Waals surface area (Å²) in [6, 6.07) is 10.3. The van der Waals surface area contributed by atoms with Gasteiger partial charge in [-0.1, -0.05) is 35.9 Å². The molecule has 3 rings (SSSR count). The SMILES string of the molecule is Clc1cnc(OC2CCCc3ccccc32)c(Br)c1. The molecule has 2 nitrogen and oxygen atoms in total. The number of hydrogen-bond donors (Lipinski definition) is 0. The number of hydrogen-bond acceptors (Lipinski definition) is 2. The van der Waals surface area contributed by atoms with E-state index in [-0.39, 0.29) is 6.10 Å². The third-order valence-corrected chi connectivity index (χ3v) is 4.12. The van der Waals surface area contributed by atoms with Crippen LogP contribution in [0.3, 0.4) is 0 Å². The molecule has 0 radical (unpaired) electrons. The second kappa shape index (κ2) is 5.51. The molecule has 0 saturated carbocycles. The van der Waals surface area contributed by atoms with E-state index in [1.165, 1.54) is 11.1 Å². The molecule has 2 aromatic rings. The summed E-state index contributed by atoms with van der Waals surface area (Å²) in [5, 5.41) is 0.600. The number of halogens is 2. The monoisotopic (exact) mass is 337 g/mol. The van der Waals surface area contributed by atoms with Crippen LogP contribution >= 0.6 is 27.5 Å². The molecular weight excluding hydrogens is 326 g/mol. The van der Waals surface area contributed by atoms with Crippen molar-refractivity contribution >= 4 is 27.5 Å². The van der Waals surface area contributed by atoms with Crippen LogP contribution in [0.2, 0.25) is 5.02 Å². The van der Waals surface area contributed by atoms with Gasteiger partial charge in [-0.2, -0.15) is 0 Å². The van der Waals surface area contributed by atoms with Crippen molar-refractivity contribution in [1.82, 2.24) is 4.98 Å². The molecule has 0 aliphatic heterocycles. The van der Waals surface area contributed by atoms with Gasteiger partial charge in [-0.25, -0.2) is 4.98 Å². The molecule has 0 amide bonds. The van der Waals surface area contributed by atoms with Gasteiger partial charge in [0.25, 0.3) is 0 Å². The maximum atomic E-state index is 6.05. The Balaban J connectivity index is 1.88. The van der Waals surface area contributed by atoms with Crippen LogP contribution in [0.1, 0.15) is 30.1 Å². The molecule has 1 aromatic heterocycles. The number of rotatable bonds is 2. The third-order valence-electron chi connectivity index (χ3n) is 3.34. The molecule has 98 valence electrons. The summed E-state index contributed by atoms with van der Waals surface area (Å²) < 4.78 is 6.85. The van der Waals surface area contributed by atoms with Crippen LogP contribution in [0.4, 0.5) is 0 Å². The summed E-state index contributed by atoms with van der Waals surface area (Å²) in [6.45, 7) is 0. The van der Waals surface area contributed by atoms with Crippen molar-refractivity contribution < 1.29 is 4.74 Å². The van der Waals surface area contributed by atoms with Gasteiger partial charge in [-0.05, 0) is 52.4 Å². The molecule has 1 unspecified atom stereocenters. The fourth-order valence-corrected chi connectivity index (χ4v) is 3.19. The average Bonchev–Trinajstić information content (AvgIpc) is 2.42. The molecule has 4 heteroatoms. The van der Waals surface area contributed by atoms with Crippen LogP contribution in [0.15, 0.2) is 41.0 Å². The first kappa shape index (κ1) is 12.9. The molecule has 1 aliphatic rings. The maximum Gasteiger partial charge on any atom is 0.228 e. The van der Waals surface area contributed by atoms with Crippen molar-refractivity contribution in [3.63, 3.8) is 0 Å². The number of pyridine rings is 1. The van der Waals surface area contributed by atoms with Gasteiger partial charge in [0.2, 0.25) is 5.88 Å². The maximum absolute atomic E-state index is 6.05. The Hall–Kier alpha value is -1.06. The van der Waals surface area contributed by atoms with Crippen LogP contribution in [0.25, 0.3) is 0 Å². The van der Waals surface area contributed by atoms with Crippen LogP contribution in [-0.2, 0) is 6.42 Å². The van der Waals surface area contributed by atoms with E-state index in [0.29, 0.717) is 10.9 Å². The zero-order chi connectivity index (χ0) is 13.2. The van der Waals surface area contributed by atoms with Crippen molar-refractivity contribution in [2.75, 3.05) is 0 Å². The van der Waals surface area contributed by atoms with Gasteiger partial charge in [0, 0.05) is 6.20 Å². The average molecular weight is 339 g/mol. The predicted octanol–water partition coefficient (Wildman–Crippen LogP) is 4.95. The van der Waals surface area contributed by atoms with Crippen molar-refractivity contribution in [2.24, 2.45) is 0 Å². The number of fused-ring (bicyclic) bond motifs is 1. The first-order chi connectivity index (χ1) is 9.24. The Kier molecular flexibility index (Phi) is 3.76. The van der Waals surface area contributed by atoms with E-state index in [0.717, 1.165) is 23.7 Å². The second-order valence-electron chi connectivity index (χ2n) is 4.64. The normalized spacial score (nSPS) is 17.9. The van der Waals surface area contributed by atoms with E-state index in [2.05, 4.69) is 45.2 Å². The minimum atomic E-state index is 0.0786. The minimum absolute atomic E-state index is 0.0786. The summed E-state index contributed by atoms with van der Waals surface area (Å²) in [6.07, 6.45) is 4.98. The van der Waals surface area contributed by atoms with Gasteiger partial charge in [0.05, 0.1) is 9.50 Å². The lowest BCUT2D eigenvalue weighted by atomic mass is 9.89. The molecule has 0 fully saturated rings. The van der Waals surface area contributed by atoms with E-state index in [4.69, 9.17) is 16.3 Å². The standard InChI is InChI=1S/C15H13BrClNO/c16-13-8-11(17)9-18-15(13)19-14-7-3-5-10-4-1-2-6-12(10)14/h1-2,4,6,8-9,14H,3,5,7H2. The van der Waals surface area contributed by atoms with Crippen molar-refractivity contribution in [3.05, 3.63) is 57.2 Å². The van der Waals surface area contributed by atoms with Gasteiger partial charge in [0.1, 0.15) is 6.10 Å². The van der Waals surface area contributed by atoms with Gasteiger partial charge >= 0.3 is 0 Å². The summed E-state index contributed by atoms with van der Waals surface area (Å²) in [5.41, 5.74) is 2.65. The third kappa shape index (κ3) is 2.77. The summed E-state index contributed by atoms with van der Waals surface area (Å²) >= 11 is 9.33. The van der Waals surface area contributed by atoms with E-state index in [9.17, 15) is 0 Å². The Bertz CT molecular complexity index is 602.